The first-order valence-electron chi connectivity index (χ1n) is 10.1. The van der Waals surface area contributed by atoms with Gasteiger partial charge in [0, 0.05) is 10.2 Å². The Balaban J connectivity index is 1.83. The van der Waals surface area contributed by atoms with Gasteiger partial charge in [-0.25, -0.2) is 0 Å². The van der Waals surface area contributed by atoms with Crippen LogP contribution in [-0.4, -0.2) is 5.91 Å². The first-order chi connectivity index (χ1) is 14.8. The van der Waals surface area contributed by atoms with Gasteiger partial charge < -0.3 is 4.42 Å². The highest BCUT2D eigenvalue weighted by molar-refractivity contribution is 9.10. The molecule has 0 fully saturated rings. The quantitative estimate of drug-likeness (QED) is 0.346. The molecule has 1 atom stereocenters. The molecule has 0 saturated heterocycles. The molecule has 5 heteroatoms. The minimum atomic E-state index is -0.565. The zero-order chi connectivity index (χ0) is 21.9. The predicted octanol–water partition coefficient (Wildman–Crippen LogP) is 6.23. The molecule has 3 aromatic carbocycles. The summed E-state index contributed by atoms with van der Waals surface area (Å²) in [5.41, 5.74) is 5.36. The maximum atomic E-state index is 13.7. The van der Waals surface area contributed by atoms with Crippen molar-refractivity contribution in [3.05, 3.63) is 109 Å². The standard InChI is InChI=1S/C26H20BrNO3/c1-14-7-9-19(10-8-14)28-23(17-5-4-6-18(27)13-17)22-24(29)20-11-15(2)16(3)12-21(20)31-25(22)26(28)30/h4-13,23H,1-3H3. The Bertz CT molecular complexity index is 1420. The molecule has 0 spiro atoms. The average molecular weight is 474 g/mol. The lowest BCUT2D eigenvalue weighted by molar-refractivity contribution is 0.0971. The second kappa shape index (κ2) is 7.20. The first kappa shape index (κ1) is 19.8. The Morgan fingerprint density at radius 3 is 2.32 bits per heavy atom. The van der Waals surface area contributed by atoms with Gasteiger partial charge in [0.2, 0.25) is 5.76 Å². The van der Waals surface area contributed by atoms with Crippen LogP contribution in [0.25, 0.3) is 11.0 Å². The van der Waals surface area contributed by atoms with E-state index < -0.39 is 6.04 Å². The van der Waals surface area contributed by atoms with Crippen LogP contribution in [-0.2, 0) is 0 Å². The molecule has 0 saturated carbocycles. The van der Waals surface area contributed by atoms with E-state index in [0.717, 1.165) is 32.4 Å². The molecule has 0 aliphatic carbocycles. The van der Waals surface area contributed by atoms with Gasteiger partial charge in [0.05, 0.1) is 17.0 Å². The Kier molecular flexibility index (Phi) is 4.59. The van der Waals surface area contributed by atoms with Crippen molar-refractivity contribution in [2.45, 2.75) is 26.8 Å². The van der Waals surface area contributed by atoms with Gasteiger partial charge in [-0.05, 0) is 73.9 Å². The van der Waals surface area contributed by atoms with Crippen molar-refractivity contribution < 1.29 is 9.21 Å². The first-order valence-corrected chi connectivity index (χ1v) is 10.9. The lowest BCUT2D eigenvalue weighted by Crippen LogP contribution is -2.29. The highest BCUT2D eigenvalue weighted by Crippen LogP contribution is 2.41. The van der Waals surface area contributed by atoms with Gasteiger partial charge in [-0.15, -0.1) is 0 Å². The number of halogens is 1. The van der Waals surface area contributed by atoms with E-state index in [-0.39, 0.29) is 17.1 Å². The van der Waals surface area contributed by atoms with Crippen molar-refractivity contribution >= 4 is 38.5 Å². The maximum Gasteiger partial charge on any atom is 0.295 e. The summed E-state index contributed by atoms with van der Waals surface area (Å²) in [4.78, 5) is 28.9. The molecule has 0 radical (unpaired) electrons. The highest BCUT2D eigenvalue weighted by atomic mass is 79.9. The van der Waals surface area contributed by atoms with E-state index >= 15 is 0 Å². The Hall–Kier alpha value is -3.18. The van der Waals surface area contributed by atoms with Crippen LogP contribution in [0, 0.1) is 20.8 Å². The number of hydrogen-bond acceptors (Lipinski definition) is 3. The van der Waals surface area contributed by atoms with Gasteiger partial charge in [-0.1, -0.05) is 45.8 Å². The van der Waals surface area contributed by atoms with Crippen LogP contribution < -0.4 is 10.3 Å². The summed E-state index contributed by atoms with van der Waals surface area (Å²) < 4.78 is 6.97. The minimum Gasteiger partial charge on any atom is -0.450 e. The van der Waals surface area contributed by atoms with E-state index in [1.54, 1.807) is 4.90 Å². The van der Waals surface area contributed by atoms with Gasteiger partial charge in [-0.3, -0.25) is 14.5 Å². The average Bonchev–Trinajstić information content (AvgIpc) is 3.03. The topological polar surface area (TPSA) is 50.5 Å². The number of rotatable bonds is 2. The number of carbonyl (C=O) groups is 1. The number of benzene rings is 3. The smallest absolute Gasteiger partial charge is 0.295 e. The van der Waals surface area contributed by atoms with E-state index in [1.165, 1.54) is 0 Å². The SMILES string of the molecule is Cc1ccc(N2C(=O)c3oc4cc(C)c(C)cc4c(=O)c3C2c2cccc(Br)c2)cc1. The third-order valence-electron chi connectivity index (χ3n) is 5.96. The van der Waals surface area contributed by atoms with Crippen molar-refractivity contribution in [2.24, 2.45) is 0 Å². The second-order valence-electron chi connectivity index (χ2n) is 8.07. The van der Waals surface area contributed by atoms with Crippen molar-refractivity contribution in [1.82, 2.24) is 0 Å². The third kappa shape index (κ3) is 3.12. The summed E-state index contributed by atoms with van der Waals surface area (Å²) in [5.74, 6) is -0.188. The molecule has 0 bridgehead atoms. The Morgan fingerprint density at radius 1 is 0.903 bits per heavy atom. The summed E-state index contributed by atoms with van der Waals surface area (Å²) in [5, 5.41) is 0.500. The fraction of sp³-hybridized carbons (Fsp3) is 0.154. The zero-order valence-corrected chi connectivity index (χ0v) is 19.0. The molecule has 1 aliphatic rings. The maximum absolute atomic E-state index is 13.7. The van der Waals surface area contributed by atoms with Crippen molar-refractivity contribution in [3.63, 3.8) is 0 Å². The molecule has 2 heterocycles. The lowest BCUT2D eigenvalue weighted by Gasteiger charge is -2.25. The van der Waals surface area contributed by atoms with Crippen LogP contribution in [0.1, 0.15) is 44.4 Å². The van der Waals surface area contributed by atoms with Gasteiger partial charge in [0.15, 0.2) is 5.43 Å². The molecular weight excluding hydrogens is 454 g/mol. The summed E-state index contributed by atoms with van der Waals surface area (Å²) in [6.45, 7) is 5.93. The number of fused-ring (bicyclic) bond motifs is 2. The van der Waals surface area contributed by atoms with Crippen molar-refractivity contribution in [2.75, 3.05) is 4.90 Å². The number of nitrogens with zero attached hydrogens (tertiary/aromatic N) is 1. The monoisotopic (exact) mass is 473 g/mol. The third-order valence-corrected chi connectivity index (χ3v) is 6.46. The number of anilines is 1. The van der Waals surface area contributed by atoms with Crippen LogP contribution in [0.5, 0.6) is 0 Å². The number of amides is 1. The molecule has 154 valence electrons. The molecule has 0 N–H and O–H groups in total. The van der Waals surface area contributed by atoms with Crippen LogP contribution in [0.3, 0.4) is 0 Å². The summed E-state index contributed by atoms with van der Waals surface area (Å²) in [6, 6.07) is 18.6. The molecule has 4 aromatic rings. The van der Waals surface area contributed by atoms with Crippen molar-refractivity contribution in [1.29, 1.82) is 0 Å². The fourth-order valence-corrected chi connectivity index (χ4v) is 4.61. The number of carbonyl (C=O) groups excluding carboxylic acids is 1. The van der Waals surface area contributed by atoms with Gasteiger partial charge in [-0.2, -0.15) is 0 Å². The van der Waals surface area contributed by atoms with E-state index in [9.17, 15) is 9.59 Å². The largest absolute Gasteiger partial charge is 0.450 e. The van der Waals surface area contributed by atoms with Crippen LogP contribution in [0.4, 0.5) is 5.69 Å². The van der Waals surface area contributed by atoms with E-state index in [0.29, 0.717) is 16.5 Å². The number of aryl methyl sites for hydroxylation is 3. The van der Waals surface area contributed by atoms with Crippen LogP contribution >= 0.6 is 15.9 Å². The van der Waals surface area contributed by atoms with E-state index in [1.807, 2.05) is 81.4 Å². The normalized spacial score (nSPS) is 15.5. The second-order valence-corrected chi connectivity index (χ2v) is 8.99. The Labute approximate surface area is 188 Å². The Morgan fingerprint density at radius 2 is 1.61 bits per heavy atom. The summed E-state index contributed by atoms with van der Waals surface area (Å²) >= 11 is 3.52. The summed E-state index contributed by atoms with van der Waals surface area (Å²) in [6.07, 6.45) is 0. The van der Waals surface area contributed by atoms with E-state index in [2.05, 4.69) is 15.9 Å². The highest BCUT2D eigenvalue weighted by Gasteiger charge is 2.43. The molecular formula is C26H20BrNO3. The molecule has 31 heavy (non-hydrogen) atoms. The fourth-order valence-electron chi connectivity index (χ4n) is 4.19. The molecule has 1 unspecified atom stereocenters. The van der Waals surface area contributed by atoms with Gasteiger partial charge in [0.1, 0.15) is 5.58 Å². The van der Waals surface area contributed by atoms with E-state index in [4.69, 9.17) is 4.42 Å². The lowest BCUT2D eigenvalue weighted by atomic mass is 9.97. The predicted molar refractivity (Wildman–Crippen MR) is 126 cm³/mol. The minimum absolute atomic E-state index is 0.117. The summed E-state index contributed by atoms with van der Waals surface area (Å²) in [7, 11) is 0. The van der Waals surface area contributed by atoms with Crippen LogP contribution in [0.2, 0.25) is 0 Å². The zero-order valence-electron chi connectivity index (χ0n) is 17.4. The molecule has 5 rings (SSSR count). The molecule has 1 aromatic heterocycles. The van der Waals surface area contributed by atoms with Crippen molar-refractivity contribution in [3.8, 4) is 0 Å². The molecule has 4 nitrogen and oxygen atoms in total. The molecule has 1 amide bonds. The number of hydrogen-bond donors (Lipinski definition) is 0. The van der Waals surface area contributed by atoms with Gasteiger partial charge >= 0.3 is 0 Å². The van der Waals surface area contributed by atoms with Gasteiger partial charge in [0.25, 0.3) is 5.91 Å². The molecule has 1 aliphatic heterocycles. The van der Waals surface area contributed by atoms with Crippen LogP contribution in [0.15, 0.2) is 74.3 Å².